The quantitative estimate of drug-likeness (QED) is 0.885. The van der Waals surface area contributed by atoms with Crippen LogP contribution in [0.5, 0.6) is 0 Å². The first-order valence-electron chi connectivity index (χ1n) is 7.86. The Hall–Kier alpha value is -2.32. The number of nitrogens with zero attached hydrogens (tertiary/aromatic N) is 3. The van der Waals surface area contributed by atoms with Crippen LogP contribution in [0, 0.1) is 5.82 Å². The Labute approximate surface area is 138 Å². The summed E-state index contributed by atoms with van der Waals surface area (Å²) in [5.74, 6) is -0.287. The summed E-state index contributed by atoms with van der Waals surface area (Å²) in [6.07, 6.45) is -0.503. The highest BCUT2D eigenvalue weighted by Crippen LogP contribution is 2.20. The summed E-state index contributed by atoms with van der Waals surface area (Å²) >= 11 is 0. The number of carbonyl (C=O) groups is 1. The fraction of sp³-hybridized carbons (Fsp3) is 0.438. The molecule has 1 fully saturated rings. The predicted octanol–water partition coefficient (Wildman–Crippen LogP) is 1.21. The first kappa shape index (κ1) is 16.5. The van der Waals surface area contributed by atoms with E-state index in [1.165, 1.54) is 6.07 Å². The van der Waals surface area contributed by atoms with Gasteiger partial charge in [-0.05, 0) is 18.7 Å². The molecule has 2 aromatic rings. The summed E-state index contributed by atoms with van der Waals surface area (Å²) in [5, 5.41) is 6.49. The average molecular weight is 334 g/mol. The van der Waals surface area contributed by atoms with Gasteiger partial charge in [-0.3, -0.25) is 9.69 Å². The zero-order valence-corrected chi connectivity index (χ0v) is 13.4. The Morgan fingerprint density at radius 3 is 3.08 bits per heavy atom. The van der Waals surface area contributed by atoms with E-state index in [2.05, 4.69) is 20.4 Å². The number of hydrogen-bond donors (Lipinski definition) is 1. The van der Waals surface area contributed by atoms with E-state index in [1.807, 2.05) is 6.92 Å². The van der Waals surface area contributed by atoms with Gasteiger partial charge in [-0.2, -0.15) is 4.98 Å². The lowest BCUT2D eigenvalue weighted by molar-refractivity contribution is -0.138. The van der Waals surface area contributed by atoms with Crippen LogP contribution < -0.4 is 5.32 Å². The smallest absolute Gasteiger partial charge is 0.260 e. The summed E-state index contributed by atoms with van der Waals surface area (Å²) in [4.78, 5) is 18.4. The summed E-state index contributed by atoms with van der Waals surface area (Å²) in [6, 6.07) is 6.14. The largest absolute Gasteiger partial charge is 0.366 e. The van der Waals surface area contributed by atoms with Crippen LogP contribution in [0.2, 0.25) is 0 Å². The lowest BCUT2D eigenvalue weighted by Crippen LogP contribution is -2.49. The molecule has 1 saturated heterocycles. The SMILES string of the molecule is CCN1CCOC(C(=O)NCc2noc(-c3ccccc3F)n2)C1. The van der Waals surface area contributed by atoms with E-state index >= 15 is 0 Å². The number of amides is 1. The maximum Gasteiger partial charge on any atom is 0.260 e. The predicted molar refractivity (Wildman–Crippen MR) is 83.4 cm³/mol. The van der Waals surface area contributed by atoms with Crippen molar-refractivity contribution >= 4 is 5.91 Å². The number of morpholine rings is 1. The van der Waals surface area contributed by atoms with Crippen LogP contribution in [0.15, 0.2) is 28.8 Å². The molecule has 0 aliphatic carbocycles. The Morgan fingerprint density at radius 2 is 2.29 bits per heavy atom. The van der Waals surface area contributed by atoms with Crippen LogP contribution in [-0.4, -0.2) is 53.3 Å². The van der Waals surface area contributed by atoms with Crippen molar-refractivity contribution in [3.05, 3.63) is 35.9 Å². The minimum atomic E-state index is -0.503. The molecule has 0 bridgehead atoms. The standard InChI is InChI=1S/C16H19FN4O3/c1-2-21-7-8-23-13(10-21)15(22)18-9-14-19-16(24-20-14)11-5-3-4-6-12(11)17/h3-6,13H,2,7-10H2,1H3,(H,18,22). The molecule has 2 heterocycles. The van der Waals surface area contributed by atoms with Gasteiger partial charge in [0.15, 0.2) is 5.82 Å². The fourth-order valence-corrected chi connectivity index (χ4v) is 2.50. The molecular weight excluding hydrogens is 315 g/mol. The number of halogens is 1. The van der Waals surface area contributed by atoms with Gasteiger partial charge in [0.25, 0.3) is 11.8 Å². The third-order valence-corrected chi connectivity index (χ3v) is 3.88. The van der Waals surface area contributed by atoms with Gasteiger partial charge < -0.3 is 14.6 Å². The Balaban J connectivity index is 1.57. The molecule has 24 heavy (non-hydrogen) atoms. The van der Waals surface area contributed by atoms with Crippen molar-refractivity contribution in [1.82, 2.24) is 20.4 Å². The summed E-state index contributed by atoms with van der Waals surface area (Å²) in [6.45, 7) is 4.95. The molecule has 1 amide bonds. The van der Waals surface area contributed by atoms with Gasteiger partial charge >= 0.3 is 0 Å². The molecule has 1 aromatic carbocycles. The molecule has 1 aromatic heterocycles. The van der Waals surface area contributed by atoms with Crippen LogP contribution in [0.4, 0.5) is 4.39 Å². The first-order chi connectivity index (χ1) is 11.7. The number of ether oxygens (including phenoxy) is 1. The van der Waals surface area contributed by atoms with E-state index in [4.69, 9.17) is 9.26 Å². The highest BCUT2D eigenvalue weighted by atomic mass is 19.1. The van der Waals surface area contributed by atoms with Crippen LogP contribution in [-0.2, 0) is 16.1 Å². The Bertz CT molecular complexity index is 706. The molecule has 1 aliphatic heterocycles. The maximum absolute atomic E-state index is 13.7. The fourth-order valence-electron chi connectivity index (χ4n) is 2.50. The molecule has 0 spiro atoms. The summed E-state index contributed by atoms with van der Waals surface area (Å²) in [7, 11) is 0. The molecular formula is C16H19FN4O3. The Morgan fingerprint density at radius 1 is 1.46 bits per heavy atom. The first-order valence-corrected chi connectivity index (χ1v) is 7.86. The highest BCUT2D eigenvalue weighted by Gasteiger charge is 2.26. The molecule has 1 aliphatic rings. The summed E-state index contributed by atoms with van der Waals surface area (Å²) in [5.41, 5.74) is 0.233. The zero-order valence-electron chi connectivity index (χ0n) is 13.4. The second-order valence-corrected chi connectivity index (χ2v) is 5.47. The van der Waals surface area contributed by atoms with E-state index in [1.54, 1.807) is 18.2 Å². The molecule has 1 atom stereocenters. The molecule has 3 rings (SSSR count). The van der Waals surface area contributed by atoms with Gasteiger partial charge in [-0.1, -0.05) is 24.2 Å². The monoisotopic (exact) mass is 334 g/mol. The van der Waals surface area contributed by atoms with Gasteiger partial charge in [0.2, 0.25) is 0 Å². The van der Waals surface area contributed by atoms with Crippen molar-refractivity contribution in [1.29, 1.82) is 0 Å². The number of rotatable bonds is 5. The van der Waals surface area contributed by atoms with E-state index in [0.717, 1.165) is 13.1 Å². The van der Waals surface area contributed by atoms with Crippen molar-refractivity contribution in [3.63, 3.8) is 0 Å². The number of nitrogens with one attached hydrogen (secondary N) is 1. The van der Waals surface area contributed by atoms with Crippen LogP contribution in [0.3, 0.4) is 0 Å². The second-order valence-electron chi connectivity index (χ2n) is 5.47. The van der Waals surface area contributed by atoms with Crippen molar-refractivity contribution in [2.24, 2.45) is 0 Å². The summed E-state index contributed by atoms with van der Waals surface area (Å²) < 4.78 is 24.2. The minimum absolute atomic E-state index is 0.0865. The molecule has 128 valence electrons. The number of benzene rings is 1. The molecule has 0 radical (unpaired) electrons. The third kappa shape index (κ3) is 3.77. The van der Waals surface area contributed by atoms with Crippen LogP contribution in [0.1, 0.15) is 12.7 Å². The van der Waals surface area contributed by atoms with Gasteiger partial charge in [0.1, 0.15) is 11.9 Å². The van der Waals surface area contributed by atoms with E-state index < -0.39 is 11.9 Å². The lowest BCUT2D eigenvalue weighted by atomic mass is 10.2. The number of carbonyl (C=O) groups excluding carboxylic acids is 1. The van der Waals surface area contributed by atoms with Crippen LogP contribution in [0.25, 0.3) is 11.5 Å². The Kier molecular flexibility index (Phi) is 5.17. The van der Waals surface area contributed by atoms with Crippen molar-refractivity contribution in [3.8, 4) is 11.5 Å². The average Bonchev–Trinajstić information content (AvgIpc) is 3.09. The maximum atomic E-state index is 13.7. The molecule has 1 N–H and O–H groups in total. The minimum Gasteiger partial charge on any atom is -0.366 e. The molecule has 1 unspecified atom stereocenters. The van der Waals surface area contributed by atoms with E-state index in [9.17, 15) is 9.18 Å². The second kappa shape index (κ2) is 7.50. The van der Waals surface area contributed by atoms with Crippen molar-refractivity contribution < 1.29 is 18.4 Å². The molecule has 0 saturated carbocycles. The van der Waals surface area contributed by atoms with Gasteiger partial charge in [0, 0.05) is 13.1 Å². The molecule has 8 heteroatoms. The van der Waals surface area contributed by atoms with Crippen LogP contribution >= 0.6 is 0 Å². The van der Waals surface area contributed by atoms with E-state index in [-0.39, 0.29) is 29.7 Å². The lowest BCUT2D eigenvalue weighted by Gasteiger charge is -2.31. The topological polar surface area (TPSA) is 80.5 Å². The third-order valence-electron chi connectivity index (χ3n) is 3.88. The normalized spacial score (nSPS) is 18.5. The number of aromatic nitrogens is 2. The number of likely N-dealkylation sites (N-methyl/N-ethyl adjacent to an activating group) is 1. The van der Waals surface area contributed by atoms with E-state index in [0.29, 0.717) is 13.2 Å². The van der Waals surface area contributed by atoms with Gasteiger partial charge in [-0.15, -0.1) is 0 Å². The van der Waals surface area contributed by atoms with Crippen molar-refractivity contribution in [2.75, 3.05) is 26.2 Å². The number of hydrogen-bond acceptors (Lipinski definition) is 6. The zero-order chi connectivity index (χ0) is 16.9. The van der Waals surface area contributed by atoms with Gasteiger partial charge in [-0.25, -0.2) is 4.39 Å². The highest BCUT2D eigenvalue weighted by molar-refractivity contribution is 5.81. The molecule has 7 nitrogen and oxygen atoms in total. The van der Waals surface area contributed by atoms with Gasteiger partial charge in [0.05, 0.1) is 18.7 Å². The van der Waals surface area contributed by atoms with Crippen molar-refractivity contribution in [2.45, 2.75) is 19.6 Å².